The van der Waals surface area contributed by atoms with Crippen molar-refractivity contribution in [1.82, 2.24) is 5.32 Å². The van der Waals surface area contributed by atoms with Crippen LogP contribution >= 0.6 is 0 Å². The van der Waals surface area contributed by atoms with Crippen LogP contribution in [-0.2, 0) is 0 Å². The molecule has 2 atom stereocenters. The van der Waals surface area contributed by atoms with Crippen molar-refractivity contribution in [1.29, 1.82) is 0 Å². The average Bonchev–Trinajstić information content (AvgIpc) is 2.30. The van der Waals surface area contributed by atoms with Gasteiger partial charge in [0, 0.05) is 6.04 Å². The standard InChI is InChI=1S/C13H16F3N/c14-13(15,16)12(10-6-2-1-3-7-10)11-8-4-5-9-17-11/h1-3,6-7,11-12,17H,4-5,8-9H2/t11-,12-/m0/s1. The lowest BCUT2D eigenvalue weighted by Gasteiger charge is -2.33. The summed E-state index contributed by atoms with van der Waals surface area (Å²) >= 11 is 0. The van der Waals surface area contributed by atoms with E-state index < -0.39 is 18.1 Å². The molecule has 1 fully saturated rings. The van der Waals surface area contributed by atoms with Gasteiger partial charge >= 0.3 is 6.18 Å². The lowest BCUT2D eigenvalue weighted by atomic mass is 9.86. The van der Waals surface area contributed by atoms with Crippen LogP contribution in [0.25, 0.3) is 0 Å². The van der Waals surface area contributed by atoms with Gasteiger partial charge in [-0.2, -0.15) is 13.2 Å². The Hall–Kier alpha value is -1.03. The molecule has 0 aromatic heterocycles. The number of hydrogen-bond acceptors (Lipinski definition) is 1. The summed E-state index contributed by atoms with van der Waals surface area (Å²) in [6.07, 6.45) is -1.75. The molecule has 4 heteroatoms. The van der Waals surface area contributed by atoms with Crippen LogP contribution < -0.4 is 5.32 Å². The van der Waals surface area contributed by atoms with Crippen molar-refractivity contribution >= 4 is 0 Å². The molecule has 0 amide bonds. The zero-order valence-corrected chi connectivity index (χ0v) is 9.50. The zero-order valence-electron chi connectivity index (χ0n) is 9.50. The Labute approximate surface area is 99.0 Å². The van der Waals surface area contributed by atoms with E-state index in [1.54, 1.807) is 30.3 Å². The minimum absolute atomic E-state index is 0.361. The van der Waals surface area contributed by atoms with Gasteiger partial charge in [-0.05, 0) is 24.9 Å². The van der Waals surface area contributed by atoms with E-state index in [1.807, 2.05) is 0 Å². The zero-order chi connectivity index (χ0) is 12.3. The third-order valence-corrected chi connectivity index (χ3v) is 3.26. The van der Waals surface area contributed by atoms with Crippen LogP contribution in [0, 0.1) is 0 Å². The number of rotatable bonds is 2. The Morgan fingerprint density at radius 1 is 1.12 bits per heavy atom. The van der Waals surface area contributed by atoms with Gasteiger partial charge in [0.1, 0.15) is 0 Å². The van der Waals surface area contributed by atoms with Crippen LogP contribution in [0.1, 0.15) is 30.7 Å². The number of halogens is 3. The molecule has 0 spiro atoms. The third-order valence-electron chi connectivity index (χ3n) is 3.26. The first kappa shape index (κ1) is 12.4. The van der Waals surface area contributed by atoms with Crippen molar-refractivity contribution in [3.63, 3.8) is 0 Å². The molecule has 2 rings (SSSR count). The number of piperidine rings is 1. The minimum Gasteiger partial charge on any atom is -0.313 e. The van der Waals surface area contributed by atoms with E-state index in [9.17, 15) is 13.2 Å². The molecule has 0 bridgehead atoms. The largest absolute Gasteiger partial charge is 0.397 e. The van der Waals surface area contributed by atoms with Crippen molar-refractivity contribution in [2.75, 3.05) is 6.54 Å². The molecule has 1 aliphatic rings. The van der Waals surface area contributed by atoms with E-state index in [-0.39, 0.29) is 0 Å². The van der Waals surface area contributed by atoms with E-state index in [2.05, 4.69) is 5.32 Å². The molecule has 0 saturated carbocycles. The highest BCUT2D eigenvalue weighted by Crippen LogP contribution is 2.39. The predicted octanol–water partition coefficient (Wildman–Crippen LogP) is 3.47. The van der Waals surface area contributed by atoms with Gasteiger partial charge in [0.15, 0.2) is 0 Å². The Kier molecular flexibility index (Phi) is 3.72. The summed E-state index contributed by atoms with van der Waals surface area (Å²) in [7, 11) is 0. The van der Waals surface area contributed by atoms with Gasteiger partial charge in [-0.3, -0.25) is 0 Å². The fourth-order valence-electron chi connectivity index (χ4n) is 2.47. The van der Waals surface area contributed by atoms with Gasteiger partial charge in [-0.1, -0.05) is 36.8 Å². The molecule has 1 heterocycles. The summed E-state index contributed by atoms with van der Waals surface area (Å²) in [5.41, 5.74) is 0.361. The highest BCUT2D eigenvalue weighted by molar-refractivity contribution is 5.23. The smallest absolute Gasteiger partial charge is 0.313 e. The first-order chi connectivity index (χ1) is 8.09. The number of alkyl halides is 3. The van der Waals surface area contributed by atoms with E-state index in [0.717, 1.165) is 12.8 Å². The van der Waals surface area contributed by atoms with Crippen molar-refractivity contribution in [2.24, 2.45) is 0 Å². The molecule has 1 N–H and O–H groups in total. The second-order valence-electron chi connectivity index (χ2n) is 4.49. The maximum Gasteiger partial charge on any atom is 0.397 e. The normalized spacial score (nSPS) is 23.4. The van der Waals surface area contributed by atoms with Crippen LogP contribution in [-0.4, -0.2) is 18.8 Å². The number of hydrogen-bond donors (Lipinski definition) is 1. The molecule has 1 aromatic rings. The summed E-state index contributed by atoms with van der Waals surface area (Å²) in [4.78, 5) is 0. The monoisotopic (exact) mass is 243 g/mol. The van der Waals surface area contributed by atoms with Crippen molar-refractivity contribution in [3.05, 3.63) is 35.9 Å². The van der Waals surface area contributed by atoms with Crippen LogP contribution in [0.4, 0.5) is 13.2 Å². The summed E-state index contributed by atoms with van der Waals surface area (Å²) in [5, 5.41) is 3.00. The van der Waals surface area contributed by atoms with Crippen LogP contribution in [0.5, 0.6) is 0 Å². The Morgan fingerprint density at radius 2 is 1.82 bits per heavy atom. The van der Waals surface area contributed by atoms with Gasteiger partial charge in [-0.25, -0.2) is 0 Å². The predicted molar refractivity (Wildman–Crippen MR) is 60.9 cm³/mol. The molecule has 1 aliphatic heterocycles. The highest BCUT2D eigenvalue weighted by Gasteiger charge is 2.45. The van der Waals surface area contributed by atoms with Gasteiger partial charge in [0.2, 0.25) is 0 Å². The van der Waals surface area contributed by atoms with Crippen molar-refractivity contribution in [3.8, 4) is 0 Å². The summed E-state index contributed by atoms with van der Waals surface area (Å²) in [6, 6.07) is 7.72. The molecule has 1 nitrogen and oxygen atoms in total. The summed E-state index contributed by atoms with van der Waals surface area (Å²) in [5.74, 6) is -1.39. The third kappa shape index (κ3) is 3.00. The van der Waals surface area contributed by atoms with E-state index >= 15 is 0 Å². The molecule has 0 radical (unpaired) electrons. The lowest BCUT2D eigenvalue weighted by Crippen LogP contribution is -2.44. The quantitative estimate of drug-likeness (QED) is 0.838. The summed E-state index contributed by atoms with van der Waals surface area (Å²) in [6.45, 7) is 0.685. The van der Waals surface area contributed by atoms with E-state index in [4.69, 9.17) is 0 Å². The van der Waals surface area contributed by atoms with Crippen LogP contribution in [0.2, 0.25) is 0 Å². The van der Waals surface area contributed by atoms with Gasteiger partial charge < -0.3 is 5.32 Å². The Balaban J connectivity index is 2.25. The first-order valence-corrected chi connectivity index (χ1v) is 5.94. The van der Waals surface area contributed by atoms with Crippen LogP contribution in [0.15, 0.2) is 30.3 Å². The first-order valence-electron chi connectivity index (χ1n) is 5.94. The topological polar surface area (TPSA) is 12.0 Å². The molecular weight excluding hydrogens is 227 g/mol. The van der Waals surface area contributed by atoms with Crippen molar-refractivity contribution in [2.45, 2.75) is 37.4 Å². The fraction of sp³-hybridized carbons (Fsp3) is 0.538. The van der Waals surface area contributed by atoms with Crippen molar-refractivity contribution < 1.29 is 13.2 Å². The second-order valence-corrected chi connectivity index (χ2v) is 4.49. The van der Waals surface area contributed by atoms with E-state index in [1.165, 1.54) is 0 Å². The molecule has 1 saturated heterocycles. The van der Waals surface area contributed by atoms with E-state index in [0.29, 0.717) is 18.5 Å². The SMILES string of the molecule is FC(F)(F)[C@@H](c1ccccc1)[C@@H]1CCCCN1. The second kappa shape index (κ2) is 5.08. The highest BCUT2D eigenvalue weighted by atomic mass is 19.4. The number of nitrogens with one attached hydrogen (secondary N) is 1. The van der Waals surface area contributed by atoms with Gasteiger partial charge in [0.05, 0.1) is 5.92 Å². The van der Waals surface area contributed by atoms with Crippen LogP contribution in [0.3, 0.4) is 0 Å². The molecule has 0 unspecified atom stereocenters. The minimum atomic E-state index is -4.18. The molecule has 94 valence electrons. The average molecular weight is 243 g/mol. The molecule has 0 aliphatic carbocycles. The van der Waals surface area contributed by atoms with Gasteiger partial charge in [0.25, 0.3) is 0 Å². The molecular formula is C13H16F3N. The molecule has 1 aromatic carbocycles. The Morgan fingerprint density at radius 3 is 2.35 bits per heavy atom. The maximum absolute atomic E-state index is 13.2. The Bertz CT molecular complexity index is 341. The number of benzene rings is 1. The fourth-order valence-corrected chi connectivity index (χ4v) is 2.47. The van der Waals surface area contributed by atoms with Gasteiger partial charge in [-0.15, -0.1) is 0 Å². The summed E-state index contributed by atoms with van der Waals surface area (Å²) < 4.78 is 39.5. The molecule has 17 heavy (non-hydrogen) atoms. The lowest BCUT2D eigenvalue weighted by molar-refractivity contribution is -0.158. The maximum atomic E-state index is 13.2.